The fraction of sp³-hybridized carbons (Fsp3) is 0.471. The van der Waals surface area contributed by atoms with Gasteiger partial charge >= 0.3 is 5.97 Å². The minimum Gasteiger partial charge on any atom is -0.481 e. The topological polar surface area (TPSA) is 78.0 Å². The first-order valence-electron chi connectivity index (χ1n) is 15.0. The number of nitrogens with zero attached hydrogens (tertiary/aromatic N) is 2. The van der Waals surface area contributed by atoms with Crippen molar-refractivity contribution >= 4 is 13.3 Å². The fourth-order valence-corrected chi connectivity index (χ4v) is 8.01. The lowest BCUT2D eigenvalue weighted by atomic mass is 9.96. The molecule has 0 radical (unpaired) electrons. The number of carbonyl (C=O) groups excluding carboxylic acids is 1. The van der Waals surface area contributed by atoms with Gasteiger partial charge in [0.1, 0.15) is 11.6 Å². The van der Waals surface area contributed by atoms with E-state index in [1.54, 1.807) is 37.0 Å². The van der Waals surface area contributed by atoms with Crippen molar-refractivity contribution in [2.75, 3.05) is 20.4 Å². The normalized spacial score (nSPS) is 15.5. The standard InChI is InChI=1S/C34H44FN2O5P/c1-8-41-43(7,39)32(25-12-13-25)17-24-10-9-11-28(16-24)42-34(38)26-14-15-29(30-19-33(40-6)36-20-31(30)35)27(18-26)21-37(22(2)3)23(4)5/h9-11,14-16,18-20,22-23,25,32H,8,12-13,17,21H2,1-7H3. The Labute approximate surface area is 255 Å². The monoisotopic (exact) mass is 610 g/mol. The second-order valence-electron chi connectivity index (χ2n) is 11.9. The van der Waals surface area contributed by atoms with Crippen LogP contribution in [0.25, 0.3) is 11.1 Å². The first-order valence-corrected chi connectivity index (χ1v) is 17.2. The third-order valence-electron chi connectivity index (χ3n) is 8.06. The lowest BCUT2D eigenvalue weighted by molar-refractivity contribution is 0.0734. The molecule has 1 aromatic heterocycles. The Hall–Kier alpha value is -3.06. The third-order valence-corrected chi connectivity index (χ3v) is 10.6. The van der Waals surface area contributed by atoms with Crippen molar-refractivity contribution in [1.82, 2.24) is 9.88 Å². The average Bonchev–Trinajstić information content (AvgIpc) is 3.80. The predicted molar refractivity (Wildman–Crippen MR) is 169 cm³/mol. The van der Waals surface area contributed by atoms with Crippen LogP contribution in [0.1, 0.15) is 68.9 Å². The molecular weight excluding hydrogens is 566 g/mol. The lowest BCUT2D eigenvalue weighted by Gasteiger charge is -2.31. The highest BCUT2D eigenvalue weighted by molar-refractivity contribution is 7.59. The number of ether oxygens (including phenoxy) is 2. The third kappa shape index (κ3) is 8.31. The summed E-state index contributed by atoms with van der Waals surface area (Å²) in [5, 5.41) is 0. The molecule has 1 fully saturated rings. The maximum Gasteiger partial charge on any atom is 0.343 e. The fourth-order valence-electron chi connectivity index (χ4n) is 5.70. The zero-order valence-corrected chi connectivity index (χ0v) is 27.2. The molecule has 1 saturated carbocycles. The summed E-state index contributed by atoms with van der Waals surface area (Å²) in [6.45, 7) is 13.0. The molecule has 0 amide bonds. The molecule has 4 rings (SSSR count). The molecule has 0 spiro atoms. The van der Waals surface area contributed by atoms with Crippen LogP contribution in [0, 0.1) is 11.7 Å². The van der Waals surface area contributed by atoms with Crippen molar-refractivity contribution in [3.05, 3.63) is 77.2 Å². The van der Waals surface area contributed by atoms with E-state index in [9.17, 15) is 9.36 Å². The Kier molecular flexibility index (Phi) is 10.8. The van der Waals surface area contributed by atoms with Gasteiger partial charge in [-0.05, 0) is 101 Å². The summed E-state index contributed by atoms with van der Waals surface area (Å²) in [5.74, 6) is 0.140. The largest absolute Gasteiger partial charge is 0.481 e. The molecule has 0 N–H and O–H groups in total. The van der Waals surface area contributed by atoms with Crippen molar-refractivity contribution < 1.29 is 27.7 Å². The molecule has 0 bridgehead atoms. The second-order valence-corrected chi connectivity index (χ2v) is 14.6. The summed E-state index contributed by atoms with van der Waals surface area (Å²) in [6, 6.07) is 14.6. The van der Waals surface area contributed by atoms with E-state index >= 15 is 4.39 Å². The number of halogens is 1. The van der Waals surface area contributed by atoms with E-state index in [1.807, 2.05) is 25.1 Å². The minimum absolute atomic E-state index is 0.0504. The summed E-state index contributed by atoms with van der Waals surface area (Å²) in [5.41, 5.74) is 3.07. The van der Waals surface area contributed by atoms with Gasteiger partial charge in [-0.3, -0.25) is 9.46 Å². The zero-order chi connectivity index (χ0) is 31.3. The van der Waals surface area contributed by atoms with Gasteiger partial charge in [0.05, 0.1) is 25.5 Å². The van der Waals surface area contributed by atoms with Crippen LogP contribution < -0.4 is 9.47 Å². The summed E-state index contributed by atoms with van der Waals surface area (Å²) in [4.78, 5) is 19.7. The van der Waals surface area contributed by atoms with Crippen molar-refractivity contribution in [2.24, 2.45) is 5.92 Å². The SMILES string of the molecule is CCOP(C)(=O)C(Cc1cccc(OC(=O)c2ccc(-c3cc(OC)ncc3F)c(CN(C(C)C)C(C)C)c2)c1)C1CC1. The number of carbonyl (C=O) groups is 1. The molecular formula is C34H44FN2O5P. The van der Waals surface area contributed by atoms with Gasteiger partial charge in [0.15, 0.2) is 0 Å². The van der Waals surface area contributed by atoms with E-state index in [0.717, 1.165) is 30.2 Å². The Morgan fingerprint density at radius 2 is 1.79 bits per heavy atom. The average molecular weight is 611 g/mol. The molecule has 2 aromatic carbocycles. The van der Waals surface area contributed by atoms with Crippen molar-refractivity contribution in [1.29, 1.82) is 0 Å². The summed E-state index contributed by atoms with van der Waals surface area (Å²) in [7, 11) is -1.28. The van der Waals surface area contributed by atoms with Crippen LogP contribution in [0.15, 0.2) is 54.7 Å². The molecule has 1 heterocycles. The highest BCUT2D eigenvalue weighted by Crippen LogP contribution is 2.57. The van der Waals surface area contributed by atoms with E-state index in [-0.39, 0.29) is 17.7 Å². The number of hydrogen-bond donors (Lipinski definition) is 0. The molecule has 232 valence electrons. The van der Waals surface area contributed by atoms with E-state index < -0.39 is 19.2 Å². The van der Waals surface area contributed by atoms with Gasteiger partial charge in [-0.1, -0.05) is 18.2 Å². The van der Waals surface area contributed by atoms with Gasteiger partial charge in [-0.15, -0.1) is 0 Å². The minimum atomic E-state index is -2.77. The van der Waals surface area contributed by atoms with Crippen LogP contribution in [0.3, 0.4) is 0 Å². The van der Waals surface area contributed by atoms with Gasteiger partial charge in [0.25, 0.3) is 0 Å². The Balaban J connectivity index is 1.62. The van der Waals surface area contributed by atoms with Gasteiger partial charge in [0, 0.05) is 42.6 Å². The second kappa shape index (κ2) is 14.1. The molecule has 3 aromatic rings. The van der Waals surface area contributed by atoms with E-state index in [1.165, 1.54) is 7.11 Å². The highest BCUT2D eigenvalue weighted by Gasteiger charge is 2.41. The molecule has 43 heavy (non-hydrogen) atoms. The molecule has 1 aliphatic carbocycles. The van der Waals surface area contributed by atoms with Crippen molar-refractivity contribution in [2.45, 2.75) is 78.2 Å². The zero-order valence-electron chi connectivity index (χ0n) is 26.3. The first kappa shape index (κ1) is 32.8. The van der Waals surface area contributed by atoms with Crippen LogP contribution in [-0.4, -0.2) is 54.0 Å². The molecule has 2 unspecified atom stereocenters. The van der Waals surface area contributed by atoms with E-state index in [2.05, 4.69) is 37.6 Å². The number of benzene rings is 2. The maximum atomic E-state index is 15.0. The van der Waals surface area contributed by atoms with Crippen molar-refractivity contribution in [3.8, 4) is 22.8 Å². The van der Waals surface area contributed by atoms with Crippen LogP contribution >= 0.6 is 7.37 Å². The van der Waals surface area contributed by atoms with Crippen molar-refractivity contribution in [3.63, 3.8) is 0 Å². The van der Waals surface area contributed by atoms with Crippen LogP contribution in [0.5, 0.6) is 11.6 Å². The molecule has 0 saturated heterocycles. The summed E-state index contributed by atoms with van der Waals surface area (Å²) in [6.07, 6.45) is 3.87. The van der Waals surface area contributed by atoms with E-state index in [0.29, 0.717) is 53.8 Å². The Morgan fingerprint density at radius 3 is 2.42 bits per heavy atom. The molecule has 2 atom stereocenters. The number of esters is 1. The molecule has 9 heteroatoms. The highest BCUT2D eigenvalue weighted by atomic mass is 31.2. The first-order chi connectivity index (χ1) is 20.4. The number of hydrogen-bond acceptors (Lipinski definition) is 7. The lowest BCUT2D eigenvalue weighted by Crippen LogP contribution is -2.36. The molecule has 0 aliphatic heterocycles. The quantitative estimate of drug-likeness (QED) is 0.104. The van der Waals surface area contributed by atoms with E-state index in [4.69, 9.17) is 14.0 Å². The summed E-state index contributed by atoms with van der Waals surface area (Å²) >= 11 is 0. The van der Waals surface area contributed by atoms with Gasteiger partial charge in [-0.25, -0.2) is 14.2 Å². The summed E-state index contributed by atoms with van der Waals surface area (Å²) < 4.78 is 45.1. The maximum absolute atomic E-state index is 15.0. The van der Waals surface area contributed by atoms with Gasteiger partial charge < -0.3 is 14.0 Å². The Bertz CT molecular complexity index is 1460. The number of methoxy groups -OCH3 is 1. The number of pyridine rings is 1. The number of aromatic nitrogens is 1. The number of rotatable bonds is 14. The van der Waals surface area contributed by atoms with Gasteiger partial charge in [0.2, 0.25) is 13.2 Å². The van der Waals surface area contributed by atoms with Gasteiger partial charge in [-0.2, -0.15) is 0 Å². The Morgan fingerprint density at radius 1 is 1.07 bits per heavy atom. The van der Waals surface area contributed by atoms with Crippen LogP contribution in [0.4, 0.5) is 4.39 Å². The molecule has 1 aliphatic rings. The van der Waals surface area contributed by atoms with Crippen LogP contribution in [0.2, 0.25) is 0 Å². The smallest absolute Gasteiger partial charge is 0.343 e. The predicted octanol–water partition coefficient (Wildman–Crippen LogP) is 8.00. The van der Waals surface area contributed by atoms with Crippen LogP contribution in [-0.2, 0) is 22.1 Å². The molecule has 7 nitrogen and oxygen atoms in total.